The van der Waals surface area contributed by atoms with Crippen LogP contribution in [-0.2, 0) is 4.79 Å². The third-order valence-electron chi connectivity index (χ3n) is 4.29. The Morgan fingerprint density at radius 3 is 2.43 bits per heavy atom. The lowest BCUT2D eigenvalue weighted by Gasteiger charge is -2.19. The molecular weight excluding hydrogens is 288 g/mol. The van der Waals surface area contributed by atoms with E-state index in [0.717, 1.165) is 19.4 Å². The molecule has 1 atom stereocenters. The number of likely N-dealkylation sites (tertiary alicyclic amines) is 1. The summed E-state index contributed by atoms with van der Waals surface area (Å²) in [6.45, 7) is 0.933. The molecule has 1 amide bonds. The molecule has 1 aliphatic rings. The van der Waals surface area contributed by atoms with E-state index in [2.05, 4.69) is 10.2 Å². The average molecular weight is 308 g/mol. The maximum atomic E-state index is 12.7. The second kappa shape index (κ2) is 6.75. The molecule has 1 saturated heterocycles. The Labute approximate surface area is 136 Å². The lowest BCUT2D eigenvalue weighted by molar-refractivity contribution is -0.119. The third kappa shape index (κ3) is 3.32. The molecule has 0 spiro atoms. The van der Waals surface area contributed by atoms with Crippen LogP contribution < -0.4 is 5.32 Å². The number of amides is 1. The van der Waals surface area contributed by atoms with E-state index in [1.165, 1.54) is 0 Å². The van der Waals surface area contributed by atoms with Crippen LogP contribution in [0.1, 0.15) is 28.8 Å². The number of nitrogens with zero attached hydrogens (tertiary/aromatic N) is 1. The van der Waals surface area contributed by atoms with Gasteiger partial charge in [-0.2, -0.15) is 0 Å². The molecule has 4 nitrogen and oxygen atoms in total. The number of benzene rings is 2. The molecule has 0 unspecified atom stereocenters. The minimum atomic E-state index is -0.116. The van der Waals surface area contributed by atoms with Crippen LogP contribution >= 0.6 is 0 Å². The maximum Gasteiger partial charge on any atom is 0.241 e. The summed E-state index contributed by atoms with van der Waals surface area (Å²) in [5, 5.41) is 2.93. The van der Waals surface area contributed by atoms with Gasteiger partial charge >= 0.3 is 0 Å². The number of rotatable bonds is 4. The largest absolute Gasteiger partial charge is 0.324 e. The van der Waals surface area contributed by atoms with Gasteiger partial charge in [0.2, 0.25) is 5.91 Å². The van der Waals surface area contributed by atoms with Gasteiger partial charge in [-0.3, -0.25) is 14.5 Å². The Balaban J connectivity index is 1.84. The van der Waals surface area contributed by atoms with Crippen molar-refractivity contribution in [3.63, 3.8) is 0 Å². The van der Waals surface area contributed by atoms with Gasteiger partial charge in [-0.05, 0) is 38.6 Å². The minimum Gasteiger partial charge on any atom is -0.324 e. The van der Waals surface area contributed by atoms with Crippen molar-refractivity contribution in [1.29, 1.82) is 0 Å². The van der Waals surface area contributed by atoms with E-state index in [-0.39, 0.29) is 17.7 Å². The third-order valence-corrected chi connectivity index (χ3v) is 4.29. The summed E-state index contributed by atoms with van der Waals surface area (Å²) in [4.78, 5) is 27.2. The van der Waals surface area contributed by atoms with Crippen LogP contribution in [-0.4, -0.2) is 36.2 Å². The normalized spacial score (nSPS) is 17.9. The molecule has 1 aliphatic heterocycles. The highest BCUT2D eigenvalue weighted by atomic mass is 16.2. The molecule has 0 saturated carbocycles. The molecule has 23 heavy (non-hydrogen) atoms. The number of hydrogen-bond donors (Lipinski definition) is 1. The molecule has 0 aromatic heterocycles. The van der Waals surface area contributed by atoms with Gasteiger partial charge in [0, 0.05) is 11.1 Å². The summed E-state index contributed by atoms with van der Waals surface area (Å²) in [7, 11) is 1.96. The Kier molecular flexibility index (Phi) is 4.53. The van der Waals surface area contributed by atoms with Gasteiger partial charge < -0.3 is 5.32 Å². The highest BCUT2D eigenvalue weighted by Gasteiger charge is 2.28. The summed E-state index contributed by atoms with van der Waals surface area (Å²) in [5.74, 6) is -0.125. The first-order chi connectivity index (χ1) is 11.2. The van der Waals surface area contributed by atoms with Crippen LogP contribution in [0.15, 0.2) is 54.6 Å². The quantitative estimate of drug-likeness (QED) is 0.884. The Morgan fingerprint density at radius 2 is 1.74 bits per heavy atom. The van der Waals surface area contributed by atoms with E-state index in [1.54, 1.807) is 24.3 Å². The van der Waals surface area contributed by atoms with Crippen LogP contribution in [0.4, 0.5) is 5.69 Å². The smallest absolute Gasteiger partial charge is 0.241 e. The molecule has 2 aromatic carbocycles. The van der Waals surface area contributed by atoms with Gasteiger partial charge in [-0.1, -0.05) is 42.5 Å². The van der Waals surface area contributed by atoms with E-state index < -0.39 is 0 Å². The second-order valence-corrected chi connectivity index (χ2v) is 5.87. The molecule has 0 aliphatic carbocycles. The Morgan fingerprint density at radius 1 is 1.04 bits per heavy atom. The molecule has 2 aromatic rings. The zero-order chi connectivity index (χ0) is 16.2. The van der Waals surface area contributed by atoms with E-state index >= 15 is 0 Å². The SMILES string of the molecule is CN1CCC[C@@H]1C(=O)Nc1ccccc1C(=O)c1ccccc1. The maximum absolute atomic E-state index is 12.7. The van der Waals surface area contributed by atoms with Crippen LogP contribution in [0, 0.1) is 0 Å². The highest BCUT2D eigenvalue weighted by Crippen LogP contribution is 2.22. The zero-order valence-corrected chi connectivity index (χ0v) is 13.2. The first-order valence-corrected chi connectivity index (χ1v) is 7.86. The summed E-state index contributed by atoms with van der Waals surface area (Å²) in [5.41, 5.74) is 1.71. The van der Waals surface area contributed by atoms with Crippen molar-refractivity contribution < 1.29 is 9.59 Å². The number of nitrogens with one attached hydrogen (secondary N) is 1. The Hall–Kier alpha value is -2.46. The van der Waals surface area contributed by atoms with Crippen molar-refractivity contribution in [3.8, 4) is 0 Å². The predicted octanol–water partition coefficient (Wildman–Crippen LogP) is 2.95. The molecule has 1 N–H and O–H groups in total. The second-order valence-electron chi connectivity index (χ2n) is 5.87. The molecule has 0 bridgehead atoms. The van der Waals surface area contributed by atoms with Crippen molar-refractivity contribution in [3.05, 3.63) is 65.7 Å². The highest BCUT2D eigenvalue weighted by molar-refractivity contribution is 6.14. The van der Waals surface area contributed by atoms with Gasteiger partial charge in [0.1, 0.15) is 0 Å². The van der Waals surface area contributed by atoms with Gasteiger partial charge in [0.05, 0.1) is 11.7 Å². The van der Waals surface area contributed by atoms with E-state index in [4.69, 9.17) is 0 Å². The summed E-state index contributed by atoms with van der Waals surface area (Å²) in [6.07, 6.45) is 1.89. The minimum absolute atomic E-state index is 0.0432. The van der Waals surface area contributed by atoms with Crippen molar-refractivity contribution in [2.75, 3.05) is 18.9 Å². The number of carbonyl (C=O) groups is 2. The first kappa shape index (κ1) is 15.4. The number of anilines is 1. The molecule has 1 fully saturated rings. The summed E-state index contributed by atoms with van der Waals surface area (Å²) < 4.78 is 0. The molecule has 4 heteroatoms. The van der Waals surface area contributed by atoms with Crippen LogP contribution in [0.5, 0.6) is 0 Å². The fraction of sp³-hybridized carbons (Fsp3) is 0.263. The lowest BCUT2D eigenvalue weighted by Crippen LogP contribution is -2.37. The molecule has 3 rings (SSSR count). The van der Waals surface area contributed by atoms with Gasteiger partial charge in [0.25, 0.3) is 0 Å². The van der Waals surface area contributed by atoms with Crippen molar-refractivity contribution in [2.45, 2.75) is 18.9 Å². The number of para-hydroxylation sites is 1. The van der Waals surface area contributed by atoms with Crippen molar-refractivity contribution in [2.24, 2.45) is 0 Å². The number of ketones is 1. The molecular formula is C19H20N2O2. The van der Waals surface area contributed by atoms with Gasteiger partial charge in [-0.25, -0.2) is 0 Å². The summed E-state index contributed by atoms with van der Waals surface area (Å²) >= 11 is 0. The van der Waals surface area contributed by atoms with E-state index in [1.807, 2.05) is 37.4 Å². The van der Waals surface area contributed by atoms with Gasteiger partial charge in [-0.15, -0.1) is 0 Å². The number of carbonyl (C=O) groups excluding carboxylic acids is 2. The van der Waals surface area contributed by atoms with E-state index in [0.29, 0.717) is 16.8 Å². The molecule has 118 valence electrons. The molecule has 1 heterocycles. The van der Waals surface area contributed by atoms with E-state index in [9.17, 15) is 9.59 Å². The standard InChI is InChI=1S/C19H20N2O2/c1-21-13-7-12-17(21)19(23)20-16-11-6-5-10-15(16)18(22)14-8-3-2-4-9-14/h2-6,8-11,17H,7,12-13H2,1H3,(H,20,23)/t17-/m1/s1. The molecule has 0 radical (unpaired) electrons. The van der Waals surface area contributed by atoms with Crippen LogP contribution in [0.25, 0.3) is 0 Å². The summed E-state index contributed by atoms with van der Waals surface area (Å²) in [6, 6.07) is 16.2. The zero-order valence-electron chi connectivity index (χ0n) is 13.2. The number of hydrogen-bond acceptors (Lipinski definition) is 3. The van der Waals surface area contributed by atoms with Crippen LogP contribution in [0.2, 0.25) is 0 Å². The van der Waals surface area contributed by atoms with Gasteiger partial charge in [0.15, 0.2) is 5.78 Å². The topological polar surface area (TPSA) is 49.4 Å². The average Bonchev–Trinajstić information content (AvgIpc) is 3.02. The number of likely N-dealkylation sites (N-methyl/N-ethyl adjacent to an activating group) is 1. The Bertz CT molecular complexity index is 712. The van der Waals surface area contributed by atoms with Crippen molar-refractivity contribution in [1.82, 2.24) is 4.90 Å². The monoisotopic (exact) mass is 308 g/mol. The fourth-order valence-corrected chi connectivity index (χ4v) is 2.99. The van der Waals surface area contributed by atoms with Crippen molar-refractivity contribution >= 4 is 17.4 Å². The lowest BCUT2D eigenvalue weighted by atomic mass is 10.0. The van der Waals surface area contributed by atoms with Crippen LogP contribution in [0.3, 0.4) is 0 Å². The predicted molar refractivity (Wildman–Crippen MR) is 90.6 cm³/mol. The fourth-order valence-electron chi connectivity index (χ4n) is 2.99. The first-order valence-electron chi connectivity index (χ1n) is 7.86.